The van der Waals surface area contributed by atoms with Gasteiger partial charge in [-0.1, -0.05) is 0 Å². The van der Waals surface area contributed by atoms with Crippen molar-refractivity contribution in [1.29, 1.82) is 0 Å². The van der Waals surface area contributed by atoms with Gasteiger partial charge in [-0.3, -0.25) is 9.48 Å². The Hall–Kier alpha value is -3.37. The summed E-state index contributed by atoms with van der Waals surface area (Å²) in [5.41, 5.74) is 1.66. The molecule has 0 bridgehead atoms. The van der Waals surface area contributed by atoms with E-state index in [1.165, 1.54) is 12.1 Å². The number of benzene rings is 1. The molecule has 11 heteroatoms. The average molecular weight is 429 g/mol. The topological polar surface area (TPSA) is 69.3 Å². The first-order valence-corrected chi connectivity index (χ1v) is 8.64. The normalized spacial score (nSPS) is 12.1. The van der Waals surface area contributed by atoms with Gasteiger partial charge < -0.3 is 14.5 Å². The predicted octanol–water partition coefficient (Wildman–Crippen LogP) is 4.09. The third-order valence-corrected chi connectivity index (χ3v) is 4.50. The van der Waals surface area contributed by atoms with Gasteiger partial charge in [-0.2, -0.15) is 13.9 Å². The largest absolute Gasteiger partial charge is 0.479 e. The highest BCUT2D eigenvalue weighted by molar-refractivity contribution is 5.91. The molecule has 0 saturated carbocycles. The number of ether oxygens (including phenoxy) is 1. The second-order valence-corrected chi connectivity index (χ2v) is 6.46. The van der Waals surface area contributed by atoms with Crippen molar-refractivity contribution < 1.29 is 35.9 Å². The summed E-state index contributed by atoms with van der Waals surface area (Å²) in [6.07, 6.45) is 1.62. The van der Waals surface area contributed by atoms with Crippen molar-refractivity contribution in [2.75, 3.05) is 0 Å². The Labute approximate surface area is 167 Å². The Morgan fingerprint density at radius 1 is 1.13 bits per heavy atom. The SMILES string of the molecule is Cc1c(C(C)NC(=O)c2ccc(COc3c(F)c(F)c(F)c(F)c3F)o2)cnn1C. The molecule has 3 aromatic rings. The van der Waals surface area contributed by atoms with Crippen molar-refractivity contribution in [3.8, 4) is 5.75 Å². The first-order valence-electron chi connectivity index (χ1n) is 8.64. The highest BCUT2D eigenvalue weighted by Crippen LogP contribution is 2.30. The summed E-state index contributed by atoms with van der Waals surface area (Å²) in [6.45, 7) is 2.92. The zero-order chi connectivity index (χ0) is 22.2. The van der Waals surface area contributed by atoms with E-state index in [4.69, 9.17) is 9.15 Å². The molecule has 160 valence electrons. The summed E-state index contributed by atoms with van der Waals surface area (Å²) in [6, 6.07) is 2.18. The molecule has 0 spiro atoms. The van der Waals surface area contributed by atoms with Crippen LogP contribution in [0.3, 0.4) is 0 Å². The molecule has 0 aliphatic carbocycles. The van der Waals surface area contributed by atoms with E-state index < -0.39 is 47.3 Å². The van der Waals surface area contributed by atoms with Gasteiger partial charge in [-0.25, -0.2) is 13.2 Å². The number of rotatable bonds is 6. The van der Waals surface area contributed by atoms with Crippen molar-refractivity contribution in [3.05, 3.63) is 70.2 Å². The Morgan fingerprint density at radius 3 is 2.30 bits per heavy atom. The third kappa shape index (κ3) is 3.87. The van der Waals surface area contributed by atoms with E-state index in [2.05, 4.69) is 10.4 Å². The lowest BCUT2D eigenvalue weighted by molar-refractivity contribution is 0.0907. The Kier molecular flexibility index (Phi) is 5.81. The highest BCUT2D eigenvalue weighted by Gasteiger charge is 2.27. The molecular weight excluding hydrogens is 413 g/mol. The van der Waals surface area contributed by atoms with Crippen LogP contribution in [-0.2, 0) is 13.7 Å². The van der Waals surface area contributed by atoms with Gasteiger partial charge in [0.05, 0.1) is 12.2 Å². The van der Waals surface area contributed by atoms with E-state index in [-0.39, 0.29) is 17.6 Å². The zero-order valence-corrected chi connectivity index (χ0v) is 16.0. The number of hydrogen-bond acceptors (Lipinski definition) is 4. The summed E-state index contributed by atoms with van der Waals surface area (Å²) >= 11 is 0. The lowest BCUT2D eigenvalue weighted by atomic mass is 10.1. The fraction of sp³-hybridized carbons (Fsp3) is 0.263. The van der Waals surface area contributed by atoms with Crippen LogP contribution in [0.4, 0.5) is 22.0 Å². The van der Waals surface area contributed by atoms with E-state index >= 15 is 0 Å². The van der Waals surface area contributed by atoms with E-state index in [9.17, 15) is 26.7 Å². The van der Waals surface area contributed by atoms with Crippen LogP contribution in [0.5, 0.6) is 5.75 Å². The molecule has 1 amide bonds. The monoisotopic (exact) mass is 429 g/mol. The van der Waals surface area contributed by atoms with Gasteiger partial charge in [-0.15, -0.1) is 0 Å². The first-order chi connectivity index (χ1) is 14.1. The maximum atomic E-state index is 13.6. The molecule has 30 heavy (non-hydrogen) atoms. The number of halogens is 5. The quantitative estimate of drug-likeness (QED) is 0.364. The van der Waals surface area contributed by atoms with Crippen LogP contribution in [0.2, 0.25) is 0 Å². The van der Waals surface area contributed by atoms with Crippen molar-refractivity contribution >= 4 is 5.91 Å². The van der Waals surface area contributed by atoms with Gasteiger partial charge in [0.15, 0.2) is 11.5 Å². The minimum Gasteiger partial charge on any atom is -0.479 e. The molecule has 0 aliphatic rings. The number of aromatic nitrogens is 2. The summed E-state index contributed by atoms with van der Waals surface area (Å²) in [4.78, 5) is 12.3. The van der Waals surface area contributed by atoms with Gasteiger partial charge >= 0.3 is 0 Å². The van der Waals surface area contributed by atoms with Crippen LogP contribution in [-0.4, -0.2) is 15.7 Å². The highest BCUT2D eigenvalue weighted by atomic mass is 19.2. The second kappa shape index (κ2) is 8.17. The lowest BCUT2D eigenvalue weighted by Gasteiger charge is -2.12. The van der Waals surface area contributed by atoms with Crippen molar-refractivity contribution in [1.82, 2.24) is 15.1 Å². The number of nitrogens with zero attached hydrogens (tertiary/aromatic N) is 2. The van der Waals surface area contributed by atoms with Crippen LogP contribution in [0.15, 0.2) is 22.7 Å². The minimum atomic E-state index is -2.28. The molecule has 1 atom stereocenters. The molecule has 0 fully saturated rings. The minimum absolute atomic E-state index is 0.0608. The first kappa shape index (κ1) is 21.3. The van der Waals surface area contributed by atoms with Crippen LogP contribution >= 0.6 is 0 Å². The zero-order valence-electron chi connectivity index (χ0n) is 16.0. The fourth-order valence-electron chi connectivity index (χ4n) is 2.72. The summed E-state index contributed by atoms with van der Waals surface area (Å²) in [5, 5.41) is 6.80. The van der Waals surface area contributed by atoms with Gasteiger partial charge in [0.25, 0.3) is 5.91 Å². The van der Waals surface area contributed by atoms with Gasteiger partial charge in [0.1, 0.15) is 12.4 Å². The standard InChI is InChI=1S/C19H16F5N3O3/c1-8(11-6-25-27(3)9(11)2)26-19(28)12-5-4-10(30-12)7-29-18-16(23)14(21)13(20)15(22)17(18)24/h4-6,8H,7H2,1-3H3,(H,26,28). The van der Waals surface area contributed by atoms with Crippen molar-refractivity contribution in [2.45, 2.75) is 26.5 Å². The maximum absolute atomic E-state index is 13.6. The molecule has 1 N–H and O–H groups in total. The van der Waals surface area contributed by atoms with Gasteiger partial charge in [0.2, 0.25) is 29.1 Å². The number of nitrogens with one attached hydrogen (secondary N) is 1. The number of amides is 1. The van der Waals surface area contributed by atoms with E-state index in [1.54, 1.807) is 24.9 Å². The average Bonchev–Trinajstić information content (AvgIpc) is 3.32. The van der Waals surface area contributed by atoms with Crippen LogP contribution in [0.1, 0.15) is 40.5 Å². The summed E-state index contributed by atoms with van der Waals surface area (Å²) in [7, 11) is 1.76. The lowest BCUT2D eigenvalue weighted by Crippen LogP contribution is -2.26. The molecule has 3 rings (SSSR count). The van der Waals surface area contributed by atoms with Crippen LogP contribution in [0, 0.1) is 36.0 Å². The van der Waals surface area contributed by atoms with Gasteiger partial charge in [0, 0.05) is 18.3 Å². The number of furan rings is 1. The van der Waals surface area contributed by atoms with Crippen LogP contribution in [0.25, 0.3) is 0 Å². The van der Waals surface area contributed by atoms with E-state index in [1.807, 2.05) is 6.92 Å². The Bertz CT molecular complexity index is 1080. The molecule has 1 unspecified atom stereocenters. The smallest absolute Gasteiger partial charge is 0.287 e. The second-order valence-electron chi connectivity index (χ2n) is 6.46. The maximum Gasteiger partial charge on any atom is 0.287 e. The van der Waals surface area contributed by atoms with Crippen molar-refractivity contribution in [2.24, 2.45) is 7.05 Å². The molecule has 0 aliphatic heterocycles. The fourth-order valence-corrected chi connectivity index (χ4v) is 2.72. The van der Waals surface area contributed by atoms with E-state index in [0.717, 1.165) is 11.3 Å². The number of aryl methyl sites for hydroxylation is 1. The molecule has 0 radical (unpaired) electrons. The number of hydrogen-bond donors (Lipinski definition) is 1. The summed E-state index contributed by atoms with van der Waals surface area (Å²) in [5.74, 6) is -12.9. The number of carbonyl (C=O) groups is 1. The third-order valence-electron chi connectivity index (χ3n) is 4.50. The molecular formula is C19H16F5N3O3. The molecule has 2 aromatic heterocycles. The Morgan fingerprint density at radius 2 is 1.73 bits per heavy atom. The predicted molar refractivity (Wildman–Crippen MR) is 93.1 cm³/mol. The Balaban J connectivity index is 1.69. The van der Waals surface area contributed by atoms with E-state index in [0.29, 0.717) is 0 Å². The van der Waals surface area contributed by atoms with Crippen LogP contribution < -0.4 is 10.1 Å². The van der Waals surface area contributed by atoms with Crippen molar-refractivity contribution in [3.63, 3.8) is 0 Å². The molecule has 1 aromatic carbocycles. The summed E-state index contributed by atoms with van der Waals surface area (Å²) < 4.78 is 78.3. The number of carbonyl (C=O) groups excluding carboxylic acids is 1. The molecule has 0 saturated heterocycles. The molecule has 6 nitrogen and oxygen atoms in total. The molecule has 2 heterocycles. The van der Waals surface area contributed by atoms with Gasteiger partial charge in [-0.05, 0) is 26.0 Å².